The minimum atomic E-state index is -0.350. The molecule has 0 saturated heterocycles. The maximum absolute atomic E-state index is 12.4. The summed E-state index contributed by atoms with van der Waals surface area (Å²) in [5.74, 6) is 0.0131. The van der Waals surface area contributed by atoms with E-state index < -0.39 is 0 Å². The van der Waals surface area contributed by atoms with Gasteiger partial charge < -0.3 is 10.4 Å². The third-order valence-electron chi connectivity index (χ3n) is 3.41. The van der Waals surface area contributed by atoms with Gasteiger partial charge >= 0.3 is 0 Å². The van der Waals surface area contributed by atoms with Crippen LogP contribution in [0.2, 0.25) is 0 Å². The minimum absolute atomic E-state index is 0.163. The number of aliphatic hydroxyl groups excluding tert-OH is 1. The normalized spacial score (nSPS) is 12.0. The lowest BCUT2D eigenvalue weighted by molar-refractivity contribution is 0.102. The molecule has 0 aromatic carbocycles. The molecule has 3 rings (SSSR count). The predicted octanol–water partition coefficient (Wildman–Crippen LogP) is 3.08. The zero-order chi connectivity index (χ0) is 18.5. The van der Waals surface area contributed by atoms with Crippen molar-refractivity contribution < 1.29 is 9.90 Å². The fraction of sp³-hybridized carbons (Fsp3) is 0.111. The highest BCUT2D eigenvalue weighted by molar-refractivity contribution is 7.11. The highest BCUT2D eigenvalue weighted by Crippen LogP contribution is 2.21. The van der Waals surface area contributed by atoms with Crippen LogP contribution in [0.1, 0.15) is 28.1 Å². The number of carbonyl (C=O) groups is 1. The number of aromatic nitrogens is 4. The topological polar surface area (TPSA) is 92.4 Å². The number of aliphatic hydroxyl groups is 1. The molecule has 26 heavy (non-hydrogen) atoms. The summed E-state index contributed by atoms with van der Waals surface area (Å²) in [5, 5.41) is 18.5. The molecule has 0 fully saturated rings. The van der Waals surface area contributed by atoms with Gasteiger partial charge in [-0.15, -0.1) is 11.3 Å². The van der Waals surface area contributed by atoms with E-state index in [9.17, 15) is 4.79 Å². The second-order valence-corrected chi connectivity index (χ2v) is 6.12. The number of hydrogen-bond donors (Lipinski definition) is 2. The summed E-state index contributed by atoms with van der Waals surface area (Å²) in [6.07, 6.45) is 8.92. The van der Waals surface area contributed by atoms with Gasteiger partial charge in [0.1, 0.15) is 10.7 Å². The average Bonchev–Trinajstić information content (AvgIpc) is 3.27. The Bertz CT molecular complexity index is 1020. The van der Waals surface area contributed by atoms with Gasteiger partial charge in [-0.25, -0.2) is 14.5 Å². The predicted molar refractivity (Wildman–Crippen MR) is 102 cm³/mol. The van der Waals surface area contributed by atoms with E-state index in [1.54, 1.807) is 29.8 Å². The number of fused-ring (bicyclic) bond motifs is 1. The van der Waals surface area contributed by atoms with Crippen LogP contribution in [0.4, 0.5) is 5.82 Å². The Labute approximate surface area is 154 Å². The molecule has 0 aliphatic carbocycles. The Balaban J connectivity index is 1.80. The van der Waals surface area contributed by atoms with Crippen molar-refractivity contribution in [1.29, 1.82) is 0 Å². The number of anilines is 1. The van der Waals surface area contributed by atoms with Crippen LogP contribution in [0.25, 0.3) is 11.2 Å². The van der Waals surface area contributed by atoms with E-state index in [0.717, 1.165) is 10.6 Å². The summed E-state index contributed by atoms with van der Waals surface area (Å²) < 4.78 is 1.50. The molecule has 0 radical (unpaired) electrons. The van der Waals surface area contributed by atoms with Crippen LogP contribution in [0.3, 0.4) is 0 Å². The number of nitrogens with one attached hydrogen (secondary N) is 1. The number of nitrogens with zero attached hydrogens (tertiary/aromatic N) is 4. The van der Waals surface area contributed by atoms with Crippen LogP contribution in [0.5, 0.6) is 0 Å². The first-order valence-electron chi connectivity index (χ1n) is 7.83. The van der Waals surface area contributed by atoms with Crippen molar-refractivity contribution >= 4 is 34.3 Å². The Morgan fingerprint density at radius 1 is 1.42 bits per heavy atom. The number of allylic oxidation sites excluding steroid dienone is 5. The summed E-state index contributed by atoms with van der Waals surface area (Å²) in [5.41, 5.74) is 2.29. The van der Waals surface area contributed by atoms with Gasteiger partial charge in [-0.3, -0.25) is 4.79 Å². The van der Waals surface area contributed by atoms with E-state index in [2.05, 4.69) is 27.0 Å². The maximum Gasteiger partial charge on any atom is 0.276 e. The van der Waals surface area contributed by atoms with E-state index in [0.29, 0.717) is 22.9 Å². The minimum Gasteiger partial charge on any atom is -0.390 e. The molecule has 8 heteroatoms. The second kappa shape index (κ2) is 7.85. The zero-order valence-corrected chi connectivity index (χ0v) is 14.9. The smallest absolute Gasteiger partial charge is 0.276 e. The summed E-state index contributed by atoms with van der Waals surface area (Å²) >= 11 is 1.38. The number of thiazole rings is 1. The molecule has 3 aromatic rings. The molecule has 0 aliphatic rings. The largest absolute Gasteiger partial charge is 0.390 e. The number of carbonyl (C=O) groups excluding carboxylic acids is 1. The van der Waals surface area contributed by atoms with E-state index in [1.165, 1.54) is 15.9 Å². The number of rotatable bonds is 6. The number of amides is 1. The summed E-state index contributed by atoms with van der Waals surface area (Å²) in [7, 11) is 0. The third-order valence-corrected chi connectivity index (χ3v) is 4.30. The van der Waals surface area contributed by atoms with Crippen LogP contribution in [0.15, 0.2) is 54.6 Å². The fourth-order valence-electron chi connectivity index (χ4n) is 2.26. The lowest BCUT2D eigenvalue weighted by Crippen LogP contribution is -2.12. The summed E-state index contributed by atoms with van der Waals surface area (Å²) in [6, 6.07) is 3.40. The monoisotopic (exact) mass is 367 g/mol. The van der Waals surface area contributed by atoms with Gasteiger partial charge in [-0.2, -0.15) is 5.10 Å². The zero-order valence-electron chi connectivity index (χ0n) is 14.1. The van der Waals surface area contributed by atoms with Gasteiger partial charge in [0.25, 0.3) is 5.91 Å². The highest BCUT2D eigenvalue weighted by atomic mass is 32.1. The summed E-state index contributed by atoms with van der Waals surface area (Å²) in [4.78, 5) is 21.1. The van der Waals surface area contributed by atoms with Crippen LogP contribution in [0, 0.1) is 0 Å². The molecule has 2 N–H and O–H groups in total. The molecular weight excluding hydrogens is 350 g/mol. The average molecular weight is 367 g/mol. The lowest BCUT2D eigenvalue weighted by atomic mass is 10.2. The molecule has 0 bridgehead atoms. The maximum atomic E-state index is 12.4. The van der Waals surface area contributed by atoms with Gasteiger partial charge in [0.05, 0.1) is 18.5 Å². The van der Waals surface area contributed by atoms with Crippen LogP contribution in [-0.4, -0.2) is 30.6 Å². The van der Waals surface area contributed by atoms with E-state index in [1.807, 2.05) is 25.2 Å². The Kier molecular flexibility index (Phi) is 5.35. The Hall–Kier alpha value is -3.10. The lowest BCUT2D eigenvalue weighted by Gasteiger charge is -1.98. The molecule has 0 aliphatic heterocycles. The number of imidazole rings is 1. The van der Waals surface area contributed by atoms with E-state index in [4.69, 9.17) is 5.11 Å². The molecule has 132 valence electrons. The van der Waals surface area contributed by atoms with Crippen molar-refractivity contribution in [3.8, 4) is 0 Å². The van der Waals surface area contributed by atoms with Crippen molar-refractivity contribution in [3.05, 3.63) is 71.0 Å². The first-order chi connectivity index (χ1) is 12.6. The molecule has 1 amide bonds. The molecular formula is C18H17N5O2S. The quantitative estimate of drug-likeness (QED) is 0.653. The highest BCUT2D eigenvalue weighted by Gasteiger charge is 2.14. The molecule has 0 unspecified atom stereocenters. The third kappa shape index (κ3) is 3.76. The Morgan fingerprint density at radius 2 is 2.27 bits per heavy atom. The van der Waals surface area contributed by atoms with Gasteiger partial charge in [0.15, 0.2) is 11.5 Å². The molecule has 0 atom stereocenters. The van der Waals surface area contributed by atoms with Crippen LogP contribution >= 0.6 is 11.3 Å². The van der Waals surface area contributed by atoms with Crippen LogP contribution in [-0.2, 0) is 6.61 Å². The molecule has 0 saturated carbocycles. The molecule has 7 nitrogen and oxygen atoms in total. The van der Waals surface area contributed by atoms with Crippen molar-refractivity contribution in [3.63, 3.8) is 0 Å². The van der Waals surface area contributed by atoms with Crippen molar-refractivity contribution in [1.82, 2.24) is 19.6 Å². The fourth-order valence-corrected chi connectivity index (χ4v) is 3.07. The first kappa shape index (κ1) is 17.7. The van der Waals surface area contributed by atoms with Crippen molar-refractivity contribution in [2.75, 3.05) is 5.32 Å². The van der Waals surface area contributed by atoms with Gasteiger partial charge in [0.2, 0.25) is 0 Å². The molecule has 3 aromatic heterocycles. The van der Waals surface area contributed by atoms with Crippen molar-refractivity contribution in [2.24, 2.45) is 0 Å². The molecule has 3 heterocycles. The van der Waals surface area contributed by atoms with Gasteiger partial charge in [-0.1, -0.05) is 30.9 Å². The standard InChI is InChI=1S/C18H17N5O2S/c1-3-5-12(6-4-2)18-19-14(11-26-18)17(25)21-15-9-23-16(20-15)8-7-13(10-24)22-23/h3-9,11,24H,1,10H2,2H3,(H,21,25)/b6-4-,12-5+. The van der Waals surface area contributed by atoms with Gasteiger partial charge in [0, 0.05) is 11.0 Å². The van der Waals surface area contributed by atoms with Crippen molar-refractivity contribution in [2.45, 2.75) is 13.5 Å². The van der Waals surface area contributed by atoms with E-state index in [-0.39, 0.29) is 12.5 Å². The molecule has 0 spiro atoms. The van der Waals surface area contributed by atoms with E-state index >= 15 is 0 Å². The summed E-state index contributed by atoms with van der Waals surface area (Å²) in [6.45, 7) is 5.45. The first-order valence-corrected chi connectivity index (χ1v) is 8.71. The number of hydrogen-bond acceptors (Lipinski definition) is 6. The van der Waals surface area contributed by atoms with Gasteiger partial charge in [-0.05, 0) is 19.1 Å². The van der Waals surface area contributed by atoms with Crippen LogP contribution < -0.4 is 5.32 Å². The Morgan fingerprint density at radius 3 is 3.00 bits per heavy atom. The SMILES string of the molecule is C=C/C=C(\C=C/C)c1nc(C(=O)Nc2cn3nc(CO)ccc3n2)cs1. The second-order valence-electron chi connectivity index (χ2n) is 5.26.